The number of aromatic nitrogens is 2. The molecular weight excluding hydrogens is 280 g/mol. The first-order valence-corrected chi connectivity index (χ1v) is 8.09. The van der Waals surface area contributed by atoms with Gasteiger partial charge in [0.1, 0.15) is 5.82 Å². The quantitative estimate of drug-likeness (QED) is 0.650. The van der Waals surface area contributed by atoms with Crippen molar-refractivity contribution in [2.45, 2.75) is 40.0 Å². The van der Waals surface area contributed by atoms with Crippen molar-refractivity contribution in [1.82, 2.24) is 9.97 Å². The largest absolute Gasteiger partial charge is 0.341 e. The molecule has 1 heterocycles. The summed E-state index contributed by atoms with van der Waals surface area (Å²) >= 11 is 0. The Morgan fingerprint density at radius 2 is 1.22 bits per heavy atom. The molecule has 3 aromatic rings. The van der Waals surface area contributed by atoms with Crippen LogP contribution in [0, 0.1) is 13.8 Å². The number of benzene rings is 2. The van der Waals surface area contributed by atoms with E-state index in [1.807, 2.05) is 0 Å². The lowest BCUT2D eigenvalue weighted by atomic mass is 9.96. The molecule has 0 bridgehead atoms. The minimum Gasteiger partial charge on any atom is -0.341 e. The molecule has 118 valence electrons. The van der Waals surface area contributed by atoms with Gasteiger partial charge >= 0.3 is 0 Å². The second-order valence-electron chi connectivity index (χ2n) is 7.29. The summed E-state index contributed by atoms with van der Waals surface area (Å²) < 4.78 is 0. The number of hydrogen-bond acceptors (Lipinski definition) is 1. The minimum absolute atomic E-state index is 0.0115. The molecule has 0 aliphatic rings. The van der Waals surface area contributed by atoms with Gasteiger partial charge in [-0.15, -0.1) is 0 Å². The molecule has 0 aliphatic heterocycles. The number of aryl methyl sites for hydroxylation is 2. The molecule has 0 atom stereocenters. The van der Waals surface area contributed by atoms with Crippen LogP contribution in [0.25, 0.3) is 22.5 Å². The van der Waals surface area contributed by atoms with Crippen LogP contribution in [0.4, 0.5) is 0 Å². The van der Waals surface area contributed by atoms with Crippen LogP contribution >= 0.6 is 0 Å². The van der Waals surface area contributed by atoms with Gasteiger partial charge < -0.3 is 4.98 Å². The lowest BCUT2D eigenvalue weighted by molar-refractivity contribution is 0.553. The second kappa shape index (κ2) is 5.69. The minimum atomic E-state index is -0.0115. The van der Waals surface area contributed by atoms with Crippen molar-refractivity contribution in [1.29, 1.82) is 0 Å². The summed E-state index contributed by atoms with van der Waals surface area (Å²) in [5, 5.41) is 0. The highest BCUT2D eigenvalue weighted by molar-refractivity contribution is 5.78. The van der Waals surface area contributed by atoms with Gasteiger partial charge in [-0.2, -0.15) is 0 Å². The number of imidazole rings is 1. The van der Waals surface area contributed by atoms with E-state index in [0.29, 0.717) is 0 Å². The highest BCUT2D eigenvalue weighted by Gasteiger charge is 2.22. The molecule has 2 heteroatoms. The maximum absolute atomic E-state index is 4.92. The molecule has 3 rings (SSSR count). The highest BCUT2D eigenvalue weighted by atomic mass is 15.0. The van der Waals surface area contributed by atoms with Crippen LogP contribution in [0.2, 0.25) is 0 Å². The summed E-state index contributed by atoms with van der Waals surface area (Å²) in [6, 6.07) is 17.2. The molecule has 0 aliphatic carbocycles. The normalized spacial score (nSPS) is 11.7. The van der Waals surface area contributed by atoms with Crippen LogP contribution < -0.4 is 0 Å². The van der Waals surface area contributed by atoms with Crippen LogP contribution in [0.5, 0.6) is 0 Å². The van der Waals surface area contributed by atoms with Crippen molar-refractivity contribution in [3.63, 3.8) is 0 Å². The monoisotopic (exact) mass is 304 g/mol. The Kier molecular flexibility index (Phi) is 3.85. The SMILES string of the molecule is Cc1ccc(-c2nc(C(C)(C)C)[nH]c2-c2ccc(C)cc2)cc1. The number of nitrogens with zero attached hydrogens (tertiary/aromatic N) is 1. The fourth-order valence-electron chi connectivity index (χ4n) is 2.58. The van der Waals surface area contributed by atoms with E-state index in [2.05, 4.69) is 88.1 Å². The van der Waals surface area contributed by atoms with Crippen molar-refractivity contribution in [3.05, 3.63) is 65.5 Å². The number of hydrogen-bond donors (Lipinski definition) is 1. The lowest BCUT2D eigenvalue weighted by Gasteiger charge is -2.14. The highest BCUT2D eigenvalue weighted by Crippen LogP contribution is 2.33. The Morgan fingerprint density at radius 1 is 0.739 bits per heavy atom. The van der Waals surface area contributed by atoms with Crippen molar-refractivity contribution >= 4 is 0 Å². The van der Waals surface area contributed by atoms with Gasteiger partial charge in [-0.3, -0.25) is 0 Å². The Morgan fingerprint density at radius 3 is 1.70 bits per heavy atom. The fourth-order valence-corrected chi connectivity index (χ4v) is 2.58. The molecule has 2 nitrogen and oxygen atoms in total. The van der Waals surface area contributed by atoms with Gasteiger partial charge in [0.05, 0.1) is 11.4 Å². The molecule has 0 radical (unpaired) electrons. The fraction of sp³-hybridized carbons (Fsp3) is 0.286. The third-order valence-corrected chi connectivity index (χ3v) is 4.08. The molecule has 0 saturated heterocycles. The smallest absolute Gasteiger partial charge is 0.112 e. The van der Waals surface area contributed by atoms with Crippen LogP contribution in [-0.4, -0.2) is 9.97 Å². The Bertz CT molecular complexity index is 738. The average molecular weight is 304 g/mol. The molecular formula is C21H24N2. The molecule has 2 aromatic carbocycles. The zero-order valence-corrected chi connectivity index (χ0v) is 14.6. The summed E-state index contributed by atoms with van der Waals surface area (Å²) in [7, 11) is 0. The van der Waals surface area contributed by atoms with E-state index in [-0.39, 0.29) is 5.41 Å². The summed E-state index contributed by atoms with van der Waals surface area (Å²) in [5.74, 6) is 1.02. The van der Waals surface area contributed by atoms with Gasteiger partial charge in [0, 0.05) is 16.5 Å². The molecule has 0 saturated carbocycles. The van der Waals surface area contributed by atoms with Gasteiger partial charge in [0.15, 0.2) is 0 Å². The third kappa shape index (κ3) is 3.21. The third-order valence-electron chi connectivity index (χ3n) is 4.08. The van der Waals surface area contributed by atoms with Crippen molar-refractivity contribution in [3.8, 4) is 22.5 Å². The molecule has 0 amide bonds. The first-order valence-electron chi connectivity index (χ1n) is 8.09. The molecule has 23 heavy (non-hydrogen) atoms. The van der Waals surface area contributed by atoms with Crippen LogP contribution in [-0.2, 0) is 5.41 Å². The van der Waals surface area contributed by atoms with Gasteiger partial charge in [-0.1, -0.05) is 80.4 Å². The number of aromatic amines is 1. The topological polar surface area (TPSA) is 28.7 Å². The predicted molar refractivity (Wildman–Crippen MR) is 97.6 cm³/mol. The zero-order chi connectivity index (χ0) is 16.6. The van der Waals surface area contributed by atoms with E-state index in [4.69, 9.17) is 4.98 Å². The standard InChI is InChI=1S/C21H24N2/c1-14-6-10-16(11-7-14)18-19(17-12-8-15(2)9-13-17)23-20(22-18)21(3,4)5/h6-13H,1-5H3,(H,22,23). The predicted octanol–water partition coefficient (Wildman–Crippen LogP) is 5.66. The molecule has 0 unspecified atom stereocenters. The maximum Gasteiger partial charge on any atom is 0.112 e. The Hall–Kier alpha value is -2.35. The van der Waals surface area contributed by atoms with E-state index in [1.54, 1.807) is 0 Å². The first kappa shape index (κ1) is 15.5. The first-order chi connectivity index (χ1) is 10.8. The van der Waals surface area contributed by atoms with Crippen LogP contribution in [0.3, 0.4) is 0 Å². The van der Waals surface area contributed by atoms with Crippen LogP contribution in [0.1, 0.15) is 37.7 Å². The van der Waals surface area contributed by atoms with Gasteiger partial charge in [-0.25, -0.2) is 4.98 Å². The molecule has 0 spiro atoms. The molecule has 0 fully saturated rings. The van der Waals surface area contributed by atoms with Crippen molar-refractivity contribution in [2.75, 3.05) is 0 Å². The van der Waals surface area contributed by atoms with E-state index < -0.39 is 0 Å². The van der Waals surface area contributed by atoms with Gasteiger partial charge in [-0.05, 0) is 13.8 Å². The van der Waals surface area contributed by atoms with Gasteiger partial charge in [0.2, 0.25) is 0 Å². The number of H-pyrrole nitrogens is 1. The zero-order valence-electron chi connectivity index (χ0n) is 14.6. The summed E-state index contributed by atoms with van der Waals surface area (Å²) in [4.78, 5) is 8.48. The van der Waals surface area contributed by atoms with E-state index in [0.717, 1.165) is 22.8 Å². The van der Waals surface area contributed by atoms with Crippen molar-refractivity contribution in [2.24, 2.45) is 0 Å². The second-order valence-corrected chi connectivity index (χ2v) is 7.29. The Labute approximate surface area is 138 Å². The average Bonchev–Trinajstić information content (AvgIpc) is 2.94. The Balaban J connectivity index is 2.18. The lowest BCUT2D eigenvalue weighted by Crippen LogP contribution is -2.13. The molecule has 1 aromatic heterocycles. The molecule has 1 N–H and O–H groups in total. The van der Waals surface area contributed by atoms with Crippen molar-refractivity contribution < 1.29 is 0 Å². The maximum atomic E-state index is 4.92. The summed E-state index contributed by atoms with van der Waals surface area (Å²) in [6.07, 6.45) is 0. The summed E-state index contributed by atoms with van der Waals surface area (Å²) in [5.41, 5.74) is 6.96. The van der Waals surface area contributed by atoms with E-state index in [9.17, 15) is 0 Å². The summed E-state index contributed by atoms with van der Waals surface area (Å²) in [6.45, 7) is 10.8. The van der Waals surface area contributed by atoms with Gasteiger partial charge in [0.25, 0.3) is 0 Å². The van der Waals surface area contributed by atoms with Crippen LogP contribution in [0.15, 0.2) is 48.5 Å². The van der Waals surface area contributed by atoms with E-state index in [1.165, 1.54) is 16.7 Å². The van der Waals surface area contributed by atoms with E-state index >= 15 is 0 Å². The number of rotatable bonds is 2. The number of nitrogens with one attached hydrogen (secondary N) is 1.